The second-order valence-electron chi connectivity index (χ2n) is 15.1. The lowest BCUT2D eigenvalue weighted by Crippen LogP contribution is -2.57. The second-order valence-corrected chi connectivity index (χ2v) is 15.1. The molecule has 4 amide bonds. The van der Waals surface area contributed by atoms with Crippen molar-refractivity contribution in [3.8, 4) is 0 Å². The zero-order valence-electron chi connectivity index (χ0n) is 31.6. The number of hydrogen-bond donors (Lipinski definition) is 7. The van der Waals surface area contributed by atoms with Crippen molar-refractivity contribution in [3.63, 3.8) is 0 Å². The largest absolute Gasteiger partial charge is 0.370 e. The highest BCUT2D eigenvalue weighted by molar-refractivity contribution is 5.90. The highest BCUT2D eigenvalue weighted by Crippen LogP contribution is 2.34. The van der Waals surface area contributed by atoms with E-state index in [9.17, 15) is 19.2 Å². The van der Waals surface area contributed by atoms with Gasteiger partial charge in [-0.2, -0.15) is 0 Å². The van der Waals surface area contributed by atoms with E-state index in [-0.39, 0.29) is 42.1 Å². The third kappa shape index (κ3) is 15.4. The molecule has 0 spiro atoms. The van der Waals surface area contributed by atoms with E-state index >= 15 is 0 Å². The maximum absolute atomic E-state index is 14.0. The Hall–Kier alpha value is -3.84. The molecule has 2 aromatic carbocycles. The van der Waals surface area contributed by atoms with Gasteiger partial charge in [0.1, 0.15) is 6.04 Å². The predicted molar refractivity (Wildman–Crippen MR) is 207 cm³/mol. The van der Waals surface area contributed by atoms with Gasteiger partial charge in [-0.15, -0.1) is 0 Å². The van der Waals surface area contributed by atoms with Crippen LogP contribution in [0.5, 0.6) is 0 Å². The van der Waals surface area contributed by atoms with Gasteiger partial charge in [-0.25, -0.2) is 0 Å². The average molecular weight is 721 g/mol. The molecule has 0 aliphatic carbocycles. The maximum Gasteiger partial charge on any atom is 0.245 e. The lowest BCUT2D eigenvalue weighted by atomic mass is 9.75. The van der Waals surface area contributed by atoms with Crippen molar-refractivity contribution in [1.29, 1.82) is 0 Å². The van der Waals surface area contributed by atoms with E-state index in [0.29, 0.717) is 71.4 Å². The van der Waals surface area contributed by atoms with Crippen LogP contribution in [0, 0.1) is 11.3 Å². The number of nitrogens with zero attached hydrogens (tertiary/aromatic N) is 1. The Kier molecular flexibility index (Phi) is 18.2. The summed E-state index contributed by atoms with van der Waals surface area (Å²) in [6, 6.07) is 19.2. The summed E-state index contributed by atoms with van der Waals surface area (Å²) in [7, 11) is 0. The summed E-state index contributed by atoms with van der Waals surface area (Å²) in [4.78, 5) is 53.4. The normalized spacial score (nSPS) is 16.5. The van der Waals surface area contributed by atoms with Gasteiger partial charge in [0.2, 0.25) is 23.6 Å². The molecule has 2 aromatic rings. The molecule has 0 aromatic heterocycles. The molecule has 1 unspecified atom stereocenters. The maximum atomic E-state index is 14.0. The first-order valence-corrected chi connectivity index (χ1v) is 19.0. The van der Waals surface area contributed by atoms with E-state index in [2.05, 4.69) is 59.4 Å². The quantitative estimate of drug-likeness (QED) is 0.0846. The molecular formula is C40H64N8O4. The van der Waals surface area contributed by atoms with Crippen LogP contribution in [0.4, 0.5) is 0 Å². The van der Waals surface area contributed by atoms with E-state index in [0.717, 1.165) is 19.3 Å². The summed E-state index contributed by atoms with van der Waals surface area (Å²) >= 11 is 0. The Morgan fingerprint density at radius 3 is 2.02 bits per heavy atom. The molecule has 1 aliphatic heterocycles. The second kappa shape index (κ2) is 22.3. The predicted octanol–water partition coefficient (Wildman–Crippen LogP) is 2.00. The molecule has 4 atom stereocenters. The average Bonchev–Trinajstić information content (AvgIpc) is 3.11. The number of benzene rings is 2. The number of nitrogens with one attached hydrogen (secondary N) is 4. The molecule has 12 nitrogen and oxygen atoms in total. The molecule has 1 fully saturated rings. The van der Waals surface area contributed by atoms with Gasteiger partial charge < -0.3 is 43.4 Å². The zero-order valence-corrected chi connectivity index (χ0v) is 31.6. The number of likely N-dealkylation sites (tertiary alicyclic amines) is 1. The first-order chi connectivity index (χ1) is 24.9. The lowest BCUT2D eigenvalue weighted by molar-refractivity contribution is -0.139. The summed E-state index contributed by atoms with van der Waals surface area (Å²) in [6.45, 7) is 8.40. The van der Waals surface area contributed by atoms with Crippen molar-refractivity contribution >= 4 is 23.6 Å². The van der Waals surface area contributed by atoms with Crippen LogP contribution in [-0.2, 0) is 32.0 Å². The Bertz CT molecular complexity index is 1370. The molecule has 288 valence electrons. The van der Waals surface area contributed by atoms with Crippen molar-refractivity contribution in [2.75, 3.05) is 39.3 Å². The van der Waals surface area contributed by atoms with Crippen molar-refractivity contribution in [3.05, 3.63) is 71.8 Å². The van der Waals surface area contributed by atoms with Crippen LogP contribution < -0.4 is 38.5 Å². The summed E-state index contributed by atoms with van der Waals surface area (Å²) < 4.78 is 0. The van der Waals surface area contributed by atoms with Gasteiger partial charge in [-0.1, -0.05) is 74.5 Å². The SMILES string of the molecule is CC(=O)NCC1(CC(N)=O)CCN(C(=O)[C@@H](CCCCN)NC(=O)[C@@H](CC(C)C)NC[C@@H](Cc2ccccc2)NCC(N)Cc2ccccc2)CC1. The van der Waals surface area contributed by atoms with Crippen molar-refractivity contribution in [1.82, 2.24) is 26.2 Å². The summed E-state index contributed by atoms with van der Waals surface area (Å²) in [5, 5.41) is 13.2. The Morgan fingerprint density at radius 1 is 0.846 bits per heavy atom. The van der Waals surface area contributed by atoms with Crippen LogP contribution in [0.2, 0.25) is 0 Å². The number of nitrogens with two attached hydrogens (primary N) is 3. The Balaban J connectivity index is 1.69. The third-order valence-electron chi connectivity index (χ3n) is 9.93. The molecule has 0 bridgehead atoms. The monoisotopic (exact) mass is 721 g/mol. The van der Waals surface area contributed by atoms with Crippen LogP contribution in [0.3, 0.4) is 0 Å². The summed E-state index contributed by atoms with van der Waals surface area (Å²) in [5.41, 5.74) is 19.8. The van der Waals surface area contributed by atoms with E-state index in [1.54, 1.807) is 4.90 Å². The van der Waals surface area contributed by atoms with Crippen LogP contribution >= 0.6 is 0 Å². The first kappa shape index (κ1) is 42.6. The Labute approximate surface area is 310 Å². The lowest BCUT2D eigenvalue weighted by Gasteiger charge is -2.42. The molecule has 0 saturated carbocycles. The van der Waals surface area contributed by atoms with Crippen molar-refractivity contribution in [2.45, 2.75) is 103 Å². The van der Waals surface area contributed by atoms with E-state index < -0.39 is 23.4 Å². The van der Waals surface area contributed by atoms with E-state index in [4.69, 9.17) is 17.2 Å². The minimum absolute atomic E-state index is 0.0141. The molecule has 10 N–H and O–H groups in total. The number of rotatable bonds is 23. The standard InChI is InChI=1S/C40H64N8O4/c1-29(2)22-36(45-27-34(24-32-14-8-5-9-15-32)44-26-33(42)23-31-12-6-4-7-13-31)38(51)47-35(16-10-11-19-41)39(52)48-20-17-40(18-21-48,25-37(43)50)28-46-30(3)49/h4-9,12-15,29,33-36,44-45H,10-11,16-28,41-42H2,1-3H3,(H2,43,50)(H,46,49)(H,47,51)/t33?,34-,35-,36-/m1/s1. The van der Waals surface area contributed by atoms with Gasteiger partial charge in [0, 0.05) is 58.2 Å². The van der Waals surface area contributed by atoms with Crippen molar-refractivity contribution < 1.29 is 19.2 Å². The molecule has 3 rings (SSSR count). The highest BCUT2D eigenvalue weighted by atomic mass is 16.2. The molecular weight excluding hydrogens is 656 g/mol. The molecule has 1 aliphatic rings. The number of hydrogen-bond acceptors (Lipinski definition) is 8. The number of primary amides is 1. The van der Waals surface area contributed by atoms with Gasteiger partial charge >= 0.3 is 0 Å². The van der Waals surface area contributed by atoms with Crippen LogP contribution in [-0.4, -0.2) is 92.0 Å². The van der Waals surface area contributed by atoms with Crippen molar-refractivity contribution in [2.24, 2.45) is 28.5 Å². The number of carbonyl (C=O) groups excluding carboxylic acids is 4. The van der Waals surface area contributed by atoms with Gasteiger partial charge in [0.25, 0.3) is 0 Å². The summed E-state index contributed by atoms with van der Waals surface area (Å²) in [6.07, 6.45) is 5.21. The fourth-order valence-corrected chi connectivity index (χ4v) is 7.00. The van der Waals surface area contributed by atoms with Crippen LogP contribution in [0.15, 0.2) is 60.7 Å². The van der Waals surface area contributed by atoms with Gasteiger partial charge in [-0.3, -0.25) is 19.2 Å². The van der Waals surface area contributed by atoms with E-state index in [1.165, 1.54) is 18.1 Å². The third-order valence-corrected chi connectivity index (χ3v) is 9.93. The first-order valence-electron chi connectivity index (χ1n) is 19.0. The van der Waals surface area contributed by atoms with Gasteiger partial charge in [0.05, 0.1) is 6.04 Å². The molecule has 0 radical (unpaired) electrons. The summed E-state index contributed by atoms with van der Waals surface area (Å²) in [5.74, 6) is -0.722. The van der Waals surface area contributed by atoms with Gasteiger partial charge in [-0.05, 0) is 80.4 Å². The molecule has 1 saturated heterocycles. The molecule has 52 heavy (non-hydrogen) atoms. The number of amides is 4. The smallest absolute Gasteiger partial charge is 0.245 e. The number of carbonyl (C=O) groups is 4. The number of piperidine rings is 1. The topological polar surface area (TPSA) is 198 Å². The molecule has 1 heterocycles. The van der Waals surface area contributed by atoms with Crippen LogP contribution in [0.25, 0.3) is 0 Å². The molecule has 12 heteroatoms. The fourth-order valence-electron chi connectivity index (χ4n) is 7.00. The Morgan fingerprint density at radius 2 is 1.46 bits per heavy atom. The van der Waals surface area contributed by atoms with Gasteiger partial charge in [0.15, 0.2) is 0 Å². The minimum atomic E-state index is -0.705. The zero-order chi connectivity index (χ0) is 37.9. The number of unbranched alkanes of at least 4 members (excludes halogenated alkanes) is 1. The van der Waals surface area contributed by atoms with Crippen LogP contribution in [0.1, 0.15) is 76.8 Å². The highest BCUT2D eigenvalue weighted by Gasteiger charge is 2.39. The fraction of sp³-hybridized carbons (Fsp3) is 0.600. The minimum Gasteiger partial charge on any atom is -0.370 e. The van der Waals surface area contributed by atoms with E-state index in [1.807, 2.05) is 36.4 Å².